The fourth-order valence-corrected chi connectivity index (χ4v) is 6.18. The molecule has 0 unspecified atom stereocenters. The normalized spacial score (nSPS) is 23.8. The molecule has 0 saturated carbocycles. The van der Waals surface area contributed by atoms with Crippen molar-refractivity contribution >= 4 is 46.3 Å². The number of aromatic amines is 1. The maximum absolute atomic E-state index is 14.2. The highest BCUT2D eigenvalue weighted by atomic mass is 16.3. The van der Waals surface area contributed by atoms with E-state index in [1.54, 1.807) is 20.0 Å². The predicted molar refractivity (Wildman–Crippen MR) is 177 cm³/mol. The van der Waals surface area contributed by atoms with Gasteiger partial charge in [0.1, 0.15) is 24.2 Å². The summed E-state index contributed by atoms with van der Waals surface area (Å²) in [6.45, 7) is 7.49. The smallest absolute Gasteiger partial charge is 0.245 e. The van der Waals surface area contributed by atoms with Crippen molar-refractivity contribution in [3.8, 4) is 0 Å². The first kappa shape index (κ1) is 35.9. The Labute approximate surface area is 279 Å². The zero-order chi connectivity index (χ0) is 35.0. The molecule has 3 heterocycles. The molecule has 6 amide bonds. The van der Waals surface area contributed by atoms with Crippen molar-refractivity contribution in [2.45, 2.75) is 63.7 Å². The fraction of sp³-hybridized carbons (Fsp3) is 0.515. The summed E-state index contributed by atoms with van der Waals surface area (Å²) in [4.78, 5) is 85.2. The molecule has 2 saturated heterocycles. The van der Waals surface area contributed by atoms with Gasteiger partial charge in [-0.1, -0.05) is 38.6 Å². The van der Waals surface area contributed by atoms with Crippen LogP contribution >= 0.6 is 0 Å². The van der Waals surface area contributed by atoms with Gasteiger partial charge < -0.3 is 46.9 Å². The van der Waals surface area contributed by atoms with Gasteiger partial charge in [-0.3, -0.25) is 28.8 Å². The summed E-state index contributed by atoms with van der Waals surface area (Å²) >= 11 is 0. The van der Waals surface area contributed by atoms with Crippen LogP contribution in [0.5, 0.6) is 0 Å². The van der Waals surface area contributed by atoms with Gasteiger partial charge in [0.15, 0.2) is 0 Å². The van der Waals surface area contributed by atoms with Crippen LogP contribution < -0.4 is 31.9 Å². The van der Waals surface area contributed by atoms with Crippen molar-refractivity contribution in [3.05, 3.63) is 48.4 Å². The number of rotatable bonds is 8. The Balaban J connectivity index is 1.66. The van der Waals surface area contributed by atoms with Crippen LogP contribution in [-0.4, -0.2) is 108 Å². The number of amides is 6. The summed E-state index contributed by atoms with van der Waals surface area (Å²) < 4.78 is 0. The van der Waals surface area contributed by atoms with Crippen molar-refractivity contribution in [2.75, 3.05) is 33.2 Å². The first-order valence-corrected chi connectivity index (χ1v) is 16.2. The summed E-state index contributed by atoms with van der Waals surface area (Å²) in [7, 11) is 1.45. The maximum atomic E-state index is 14.2. The number of fused-ring (bicyclic) bond motifs is 1. The zero-order valence-corrected chi connectivity index (χ0v) is 27.6. The van der Waals surface area contributed by atoms with Crippen LogP contribution in [0, 0.1) is 11.8 Å². The Hall–Kier alpha value is -4.92. The van der Waals surface area contributed by atoms with Crippen LogP contribution in [-0.2, 0) is 35.2 Å². The third-order valence-corrected chi connectivity index (χ3v) is 8.72. The Kier molecular flexibility index (Phi) is 12.2. The van der Waals surface area contributed by atoms with E-state index in [4.69, 9.17) is 0 Å². The highest BCUT2D eigenvalue weighted by molar-refractivity contribution is 5.98. The number of H-pyrrole nitrogens is 1. The molecule has 0 bridgehead atoms. The van der Waals surface area contributed by atoms with Gasteiger partial charge in [0, 0.05) is 49.5 Å². The molecule has 260 valence electrons. The number of aliphatic hydroxyl groups is 1. The number of nitrogens with zero attached hydrogens (tertiary/aromatic N) is 1. The number of para-hydroxylation sites is 1. The molecule has 15 nitrogen and oxygen atoms in total. The first-order chi connectivity index (χ1) is 22.8. The number of hydrogen-bond donors (Lipinski definition) is 8. The number of nitrogens with one attached hydrogen (secondary N) is 7. The average molecular weight is 667 g/mol. The lowest BCUT2D eigenvalue weighted by Crippen LogP contribution is -2.61. The molecular weight excluding hydrogens is 620 g/mol. The summed E-state index contributed by atoms with van der Waals surface area (Å²) in [5.41, 5.74) is 1.56. The monoisotopic (exact) mass is 666 g/mol. The van der Waals surface area contributed by atoms with Gasteiger partial charge in [-0.05, 0) is 43.5 Å². The maximum Gasteiger partial charge on any atom is 0.245 e. The van der Waals surface area contributed by atoms with Gasteiger partial charge in [0.25, 0.3) is 0 Å². The molecule has 48 heavy (non-hydrogen) atoms. The third-order valence-electron chi connectivity index (χ3n) is 8.72. The van der Waals surface area contributed by atoms with Crippen LogP contribution in [0.3, 0.4) is 0 Å². The highest BCUT2D eigenvalue weighted by Gasteiger charge is 2.38. The number of hydrogen-bond acceptors (Lipinski definition) is 8. The van der Waals surface area contributed by atoms with Gasteiger partial charge in [0.05, 0.1) is 12.3 Å². The van der Waals surface area contributed by atoms with Gasteiger partial charge in [-0.25, -0.2) is 0 Å². The molecule has 2 aliphatic heterocycles. The first-order valence-electron chi connectivity index (χ1n) is 16.2. The van der Waals surface area contributed by atoms with Crippen LogP contribution in [0.2, 0.25) is 0 Å². The topological polar surface area (TPSA) is 214 Å². The minimum atomic E-state index is -1.33. The third kappa shape index (κ3) is 9.12. The van der Waals surface area contributed by atoms with Crippen LogP contribution in [0.25, 0.3) is 10.9 Å². The number of carbonyl (C=O) groups is 6. The molecule has 4 atom stereocenters. The number of carbonyl (C=O) groups excluding carboxylic acids is 6. The van der Waals surface area contributed by atoms with Gasteiger partial charge in [-0.2, -0.15) is 0 Å². The summed E-state index contributed by atoms with van der Waals surface area (Å²) in [5.74, 6) is -4.84. The molecular formula is C33H46N8O7. The highest BCUT2D eigenvalue weighted by Crippen LogP contribution is 2.21. The van der Waals surface area contributed by atoms with Gasteiger partial charge in [0.2, 0.25) is 35.4 Å². The van der Waals surface area contributed by atoms with E-state index in [-0.39, 0.29) is 37.0 Å². The SMILES string of the molecule is C=C(O)C[C@@H]1NC(=O)CNC(=O)[C@H](CNC(=O)C2CCNCC2)NC(=O)[C@H](C(C)C)N(C)C(=O)[C@@H](Cc2c[nH]c3ccccc23)NC1=O. The number of aliphatic hydroxyl groups excluding tert-OH is 1. The van der Waals surface area contributed by atoms with Crippen LogP contribution in [0.15, 0.2) is 42.8 Å². The lowest BCUT2D eigenvalue weighted by atomic mass is 9.97. The summed E-state index contributed by atoms with van der Waals surface area (Å²) in [6, 6.07) is 2.59. The minimum Gasteiger partial charge on any atom is -0.513 e. The van der Waals surface area contributed by atoms with E-state index in [1.165, 1.54) is 11.9 Å². The summed E-state index contributed by atoms with van der Waals surface area (Å²) in [5, 5.41) is 27.1. The van der Waals surface area contributed by atoms with Crippen molar-refractivity contribution in [2.24, 2.45) is 11.8 Å². The molecule has 8 N–H and O–H groups in total. The van der Waals surface area contributed by atoms with E-state index in [9.17, 15) is 33.9 Å². The Bertz CT molecular complexity index is 1530. The second kappa shape index (κ2) is 16.3. The Morgan fingerprint density at radius 2 is 1.67 bits per heavy atom. The molecule has 1 aromatic heterocycles. The zero-order valence-electron chi connectivity index (χ0n) is 27.6. The second-order valence-corrected chi connectivity index (χ2v) is 12.7. The number of likely N-dealkylation sites (N-methyl/N-ethyl adjacent to an activating group) is 1. The number of aromatic nitrogens is 1. The van der Waals surface area contributed by atoms with E-state index >= 15 is 0 Å². The molecule has 1 aromatic carbocycles. The lowest BCUT2D eigenvalue weighted by Gasteiger charge is -2.34. The minimum absolute atomic E-state index is 0.0392. The van der Waals surface area contributed by atoms with E-state index in [1.807, 2.05) is 24.3 Å². The molecule has 0 spiro atoms. The Morgan fingerprint density at radius 3 is 2.35 bits per heavy atom. The number of benzene rings is 1. The number of piperidine rings is 1. The van der Waals surface area contributed by atoms with E-state index < -0.39 is 66.2 Å². The predicted octanol–water partition coefficient (Wildman–Crippen LogP) is -0.645. The summed E-state index contributed by atoms with van der Waals surface area (Å²) in [6.07, 6.45) is 2.69. The van der Waals surface area contributed by atoms with Crippen LogP contribution in [0.4, 0.5) is 0 Å². The van der Waals surface area contributed by atoms with Crippen molar-refractivity contribution in [1.82, 2.24) is 41.8 Å². The van der Waals surface area contributed by atoms with Gasteiger partial charge in [-0.15, -0.1) is 0 Å². The Morgan fingerprint density at radius 1 is 0.979 bits per heavy atom. The quantitative estimate of drug-likeness (QED) is 0.169. The second-order valence-electron chi connectivity index (χ2n) is 12.7. The molecule has 2 aliphatic rings. The van der Waals surface area contributed by atoms with Crippen molar-refractivity contribution < 1.29 is 33.9 Å². The van der Waals surface area contributed by atoms with Gasteiger partial charge >= 0.3 is 0 Å². The average Bonchev–Trinajstić information content (AvgIpc) is 3.46. The van der Waals surface area contributed by atoms with E-state index in [0.29, 0.717) is 25.9 Å². The van der Waals surface area contributed by atoms with Crippen molar-refractivity contribution in [1.29, 1.82) is 0 Å². The molecule has 2 fully saturated rings. The molecule has 15 heteroatoms. The van der Waals surface area contributed by atoms with Crippen molar-refractivity contribution in [3.63, 3.8) is 0 Å². The van der Waals surface area contributed by atoms with Crippen LogP contribution in [0.1, 0.15) is 38.7 Å². The molecule has 0 radical (unpaired) electrons. The largest absolute Gasteiger partial charge is 0.513 e. The molecule has 4 rings (SSSR count). The van der Waals surface area contributed by atoms with E-state index in [0.717, 1.165) is 16.5 Å². The molecule has 2 aromatic rings. The lowest BCUT2D eigenvalue weighted by molar-refractivity contribution is -0.144. The van der Waals surface area contributed by atoms with E-state index in [2.05, 4.69) is 43.5 Å². The fourth-order valence-electron chi connectivity index (χ4n) is 6.18. The standard InChI is InChI=1S/C33H46N8O7/c1-18(2)28-32(47)40-26(16-36-29(44)20-9-11-34-12-10-20)30(45)37-17-27(43)38-24(13-19(3)42)31(46)39-25(33(48)41(28)4)14-21-15-35-23-8-6-5-7-22(21)23/h5-8,15,18,20,24-26,28,34-35,42H,3,9-14,16-17H2,1-2,4H3,(H,36,44)(H,37,45)(H,38,43)(H,39,46)(H,40,47)/t24-,25+,26-,28-/m0/s1. The molecule has 0 aliphatic carbocycles.